The number of carboxylic acids is 1. The van der Waals surface area contributed by atoms with Crippen molar-refractivity contribution in [3.63, 3.8) is 0 Å². The molecule has 5 heteroatoms. The van der Waals surface area contributed by atoms with Crippen LogP contribution in [0.25, 0.3) is 0 Å². The van der Waals surface area contributed by atoms with Crippen molar-refractivity contribution < 1.29 is 14.7 Å². The van der Waals surface area contributed by atoms with Gasteiger partial charge in [0, 0.05) is 18.6 Å². The molecule has 1 saturated carbocycles. The summed E-state index contributed by atoms with van der Waals surface area (Å²) in [6.45, 7) is 5.20. The number of amides is 2. The summed E-state index contributed by atoms with van der Waals surface area (Å²) in [6.07, 6.45) is 6.29. The molecule has 1 aliphatic carbocycles. The molecule has 2 amide bonds. The normalized spacial score (nSPS) is 30.2. The average Bonchev–Trinajstić information content (AvgIpc) is 2.47. The van der Waals surface area contributed by atoms with Crippen LogP contribution in [0.3, 0.4) is 0 Å². The fourth-order valence-electron chi connectivity index (χ4n) is 3.64. The number of likely N-dealkylation sites (tertiary alicyclic amines) is 1. The number of carboxylic acid groups (broad SMARTS) is 1. The maximum Gasteiger partial charge on any atom is 0.317 e. The van der Waals surface area contributed by atoms with Gasteiger partial charge in [-0.05, 0) is 50.9 Å². The number of carbonyl (C=O) groups is 2. The first-order chi connectivity index (χ1) is 9.99. The molecule has 2 aliphatic rings. The Morgan fingerprint density at radius 3 is 2.33 bits per heavy atom. The van der Waals surface area contributed by atoms with Gasteiger partial charge in [-0.1, -0.05) is 13.8 Å². The van der Waals surface area contributed by atoms with Crippen LogP contribution in [0, 0.1) is 11.8 Å². The molecule has 0 aromatic rings. The van der Waals surface area contributed by atoms with Crippen molar-refractivity contribution in [2.24, 2.45) is 11.8 Å². The van der Waals surface area contributed by atoms with Crippen molar-refractivity contribution in [3.05, 3.63) is 0 Å². The third kappa shape index (κ3) is 4.11. The quantitative estimate of drug-likeness (QED) is 0.841. The van der Waals surface area contributed by atoms with Crippen LogP contribution in [-0.4, -0.2) is 40.6 Å². The van der Waals surface area contributed by atoms with E-state index in [1.54, 1.807) is 0 Å². The van der Waals surface area contributed by atoms with E-state index in [0.717, 1.165) is 32.2 Å². The molecule has 1 atom stereocenters. The Morgan fingerprint density at radius 1 is 1.10 bits per heavy atom. The molecule has 1 saturated heterocycles. The monoisotopic (exact) mass is 296 g/mol. The Hall–Kier alpha value is -1.26. The van der Waals surface area contributed by atoms with E-state index in [1.807, 2.05) is 4.90 Å². The molecule has 0 bridgehead atoms. The van der Waals surface area contributed by atoms with Crippen LogP contribution < -0.4 is 5.32 Å². The van der Waals surface area contributed by atoms with Gasteiger partial charge in [0.05, 0.1) is 5.92 Å². The van der Waals surface area contributed by atoms with Gasteiger partial charge in [-0.15, -0.1) is 0 Å². The van der Waals surface area contributed by atoms with Crippen LogP contribution in [0.1, 0.15) is 58.8 Å². The fourth-order valence-corrected chi connectivity index (χ4v) is 3.64. The van der Waals surface area contributed by atoms with Crippen LogP contribution in [0.5, 0.6) is 0 Å². The van der Waals surface area contributed by atoms with E-state index in [0.29, 0.717) is 24.8 Å². The fraction of sp³-hybridized carbons (Fsp3) is 0.875. The third-order valence-electron chi connectivity index (χ3n) is 4.98. The molecule has 5 nitrogen and oxygen atoms in total. The summed E-state index contributed by atoms with van der Waals surface area (Å²) in [6, 6.07) is 0.532. The van der Waals surface area contributed by atoms with Crippen LogP contribution >= 0.6 is 0 Å². The summed E-state index contributed by atoms with van der Waals surface area (Å²) in [5.41, 5.74) is 0. The van der Waals surface area contributed by atoms with Crippen molar-refractivity contribution in [3.8, 4) is 0 Å². The highest BCUT2D eigenvalue weighted by Crippen LogP contribution is 2.26. The first kappa shape index (κ1) is 16.1. The zero-order valence-corrected chi connectivity index (χ0v) is 13.2. The number of nitrogens with zero attached hydrogens (tertiary/aromatic N) is 1. The highest BCUT2D eigenvalue weighted by Gasteiger charge is 2.31. The molecule has 1 unspecified atom stereocenters. The van der Waals surface area contributed by atoms with Gasteiger partial charge in [0.1, 0.15) is 0 Å². The largest absolute Gasteiger partial charge is 0.481 e. The van der Waals surface area contributed by atoms with Gasteiger partial charge in [0.2, 0.25) is 0 Å². The van der Waals surface area contributed by atoms with Gasteiger partial charge in [-0.2, -0.15) is 0 Å². The molecule has 0 radical (unpaired) electrons. The van der Waals surface area contributed by atoms with E-state index in [2.05, 4.69) is 19.2 Å². The highest BCUT2D eigenvalue weighted by molar-refractivity contribution is 5.75. The van der Waals surface area contributed by atoms with Crippen LogP contribution in [0.4, 0.5) is 4.79 Å². The Labute approximate surface area is 127 Å². The summed E-state index contributed by atoms with van der Waals surface area (Å²) in [7, 11) is 0. The van der Waals surface area contributed by atoms with E-state index in [1.165, 1.54) is 6.42 Å². The number of carbonyl (C=O) groups excluding carboxylic acids is 1. The van der Waals surface area contributed by atoms with Crippen molar-refractivity contribution in [2.75, 3.05) is 6.54 Å². The molecule has 1 aliphatic heterocycles. The highest BCUT2D eigenvalue weighted by atomic mass is 16.4. The zero-order valence-electron chi connectivity index (χ0n) is 13.2. The second kappa shape index (κ2) is 7.14. The second-order valence-corrected chi connectivity index (χ2v) is 6.84. The Balaban J connectivity index is 1.85. The Kier molecular flexibility index (Phi) is 5.48. The average molecular weight is 296 g/mol. The zero-order chi connectivity index (χ0) is 15.4. The lowest BCUT2D eigenvalue weighted by Crippen LogP contribution is -2.53. The minimum absolute atomic E-state index is 0.0483. The minimum Gasteiger partial charge on any atom is -0.481 e. The van der Waals surface area contributed by atoms with E-state index >= 15 is 0 Å². The first-order valence-electron chi connectivity index (χ1n) is 8.29. The number of rotatable bonds is 3. The molecule has 1 heterocycles. The molecule has 0 aromatic carbocycles. The minimum atomic E-state index is -0.698. The number of urea groups is 1. The molecule has 21 heavy (non-hydrogen) atoms. The predicted octanol–water partition coefficient (Wildman–Crippen LogP) is 2.85. The molecule has 0 spiro atoms. The van der Waals surface area contributed by atoms with E-state index < -0.39 is 5.97 Å². The van der Waals surface area contributed by atoms with Gasteiger partial charge in [-0.3, -0.25) is 4.79 Å². The van der Waals surface area contributed by atoms with Crippen LogP contribution in [-0.2, 0) is 4.79 Å². The van der Waals surface area contributed by atoms with E-state index in [9.17, 15) is 9.59 Å². The Morgan fingerprint density at radius 2 is 1.76 bits per heavy atom. The maximum absolute atomic E-state index is 12.5. The maximum atomic E-state index is 12.5. The first-order valence-corrected chi connectivity index (χ1v) is 8.29. The smallest absolute Gasteiger partial charge is 0.317 e. The lowest BCUT2D eigenvalue weighted by Gasteiger charge is -2.39. The molecule has 0 aromatic heterocycles. The number of aliphatic carboxylic acids is 1. The van der Waals surface area contributed by atoms with Crippen LogP contribution in [0.2, 0.25) is 0 Å². The lowest BCUT2D eigenvalue weighted by atomic mass is 9.86. The second-order valence-electron chi connectivity index (χ2n) is 6.84. The van der Waals surface area contributed by atoms with E-state index in [-0.39, 0.29) is 18.0 Å². The number of piperidine rings is 1. The molecule has 2 rings (SSSR count). The van der Waals surface area contributed by atoms with Crippen LogP contribution in [0.15, 0.2) is 0 Å². The standard InChI is InChI=1S/C16H28N2O3/c1-11(2)14-5-3-4-10-18(14)16(21)17-13-8-6-12(7-9-13)15(19)20/h11-14H,3-10H2,1-2H3,(H,17,21)(H,19,20). The van der Waals surface area contributed by atoms with Gasteiger partial charge in [0.15, 0.2) is 0 Å². The van der Waals surface area contributed by atoms with Crippen molar-refractivity contribution in [1.82, 2.24) is 10.2 Å². The summed E-state index contributed by atoms with van der Waals surface area (Å²) >= 11 is 0. The summed E-state index contributed by atoms with van der Waals surface area (Å²) in [5, 5.41) is 12.1. The third-order valence-corrected chi connectivity index (χ3v) is 4.98. The lowest BCUT2D eigenvalue weighted by molar-refractivity contribution is -0.142. The number of hydrogen-bond donors (Lipinski definition) is 2. The molecule has 2 N–H and O–H groups in total. The van der Waals surface area contributed by atoms with Crippen molar-refractivity contribution in [1.29, 1.82) is 0 Å². The summed E-state index contributed by atoms with van der Waals surface area (Å²) in [4.78, 5) is 25.4. The predicted molar refractivity (Wildman–Crippen MR) is 81.1 cm³/mol. The van der Waals surface area contributed by atoms with Gasteiger partial charge in [-0.25, -0.2) is 4.79 Å². The Bertz CT molecular complexity index is 376. The van der Waals surface area contributed by atoms with Crippen molar-refractivity contribution >= 4 is 12.0 Å². The molecular formula is C16H28N2O3. The van der Waals surface area contributed by atoms with Gasteiger partial charge >= 0.3 is 12.0 Å². The van der Waals surface area contributed by atoms with Gasteiger partial charge < -0.3 is 15.3 Å². The molecule has 2 fully saturated rings. The SMILES string of the molecule is CC(C)C1CCCCN1C(=O)NC1CCC(C(=O)O)CC1. The topological polar surface area (TPSA) is 69.6 Å². The molecule has 120 valence electrons. The number of hydrogen-bond acceptors (Lipinski definition) is 2. The summed E-state index contributed by atoms with van der Waals surface area (Å²) < 4.78 is 0. The molecular weight excluding hydrogens is 268 g/mol. The summed E-state index contributed by atoms with van der Waals surface area (Å²) in [5.74, 6) is -0.439. The van der Waals surface area contributed by atoms with Gasteiger partial charge in [0.25, 0.3) is 0 Å². The van der Waals surface area contributed by atoms with Crippen molar-refractivity contribution in [2.45, 2.75) is 70.9 Å². The number of nitrogens with one attached hydrogen (secondary N) is 1. The van der Waals surface area contributed by atoms with E-state index in [4.69, 9.17) is 5.11 Å².